The van der Waals surface area contributed by atoms with Crippen LogP contribution in [-0.2, 0) is 11.3 Å². The van der Waals surface area contributed by atoms with E-state index in [0.717, 1.165) is 11.3 Å². The molecule has 0 radical (unpaired) electrons. The number of rotatable bonds is 5. The number of aryl methyl sites for hydroxylation is 1. The van der Waals surface area contributed by atoms with Crippen LogP contribution >= 0.6 is 0 Å². The van der Waals surface area contributed by atoms with Gasteiger partial charge in [-0.25, -0.2) is 4.68 Å². The Hall–Kier alpha value is -2.99. The molecule has 1 aromatic heterocycles. The van der Waals surface area contributed by atoms with Crippen LogP contribution in [-0.4, -0.2) is 16.9 Å². The molecule has 0 saturated carbocycles. The number of hydrogen-bond acceptors (Lipinski definition) is 4. The summed E-state index contributed by atoms with van der Waals surface area (Å²) in [4.78, 5) is 12.7. The monoisotopic (exact) mass is 322 g/mol. The van der Waals surface area contributed by atoms with Gasteiger partial charge in [0.1, 0.15) is 0 Å². The number of nitrogens with one attached hydrogen (secondary N) is 1. The first-order chi connectivity index (χ1) is 11.7. The van der Waals surface area contributed by atoms with Crippen molar-refractivity contribution in [3.05, 3.63) is 76.2 Å². The van der Waals surface area contributed by atoms with Crippen molar-refractivity contribution >= 4 is 11.4 Å². The SMILES string of the molecule is COCc1[nH]n(-c2ccccc2)c(=O)c1N=Nc1ccc(C)cc1. The number of H-pyrrole nitrogens is 1. The van der Waals surface area contributed by atoms with E-state index in [2.05, 4.69) is 15.3 Å². The summed E-state index contributed by atoms with van der Waals surface area (Å²) in [6.07, 6.45) is 0. The van der Waals surface area contributed by atoms with Gasteiger partial charge in [0.15, 0.2) is 5.69 Å². The zero-order chi connectivity index (χ0) is 16.9. The normalized spacial score (nSPS) is 11.2. The predicted molar refractivity (Wildman–Crippen MR) is 92.5 cm³/mol. The zero-order valence-corrected chi connectivity index (χ0v) is 13.6. The van der Waals surface area contributed by atoms with Crippen molar-refractivity contribution in [2.24, 2.45) is 10.2 Å². The molecule has 0 saturated heterocycles. The highest BCUT2D eigenvalue weighted by molar-refractivity contribution is 5.45. The van der Waals surface area contributed by atoms with Crippen LogP contribution in [0, 0.1) is 6.92 Å². The second kappa shape index (κ2) is 7.06. The van der Waals surface area contributed by atoms with Gasteiger partial charge in [-0.15, -0.1) is 5.11 Å². The molecule has 0 spiro atoms. The van der Waals surface area contributed by atoms with Gasteiger partial charge < -0.3 is 4.74 Å². The second-order valence-corrected chi connectivity index (χ2v) is 5.38. The molecule has 122 valence electrons. The fraction of sp³-hybridized carbons (Fsp3) is 0.167. The third kappa shape index (κ3) is 3.33. The van der Waals surface area contributed by atoms with Crippen LogP contribution in [0.1, 0.15) is 11.3 Å². The number of aromatic amines is 1. The molecule has 0 amide bonds. The Morgan fingerprint density at radius 2 is 1.75 bits per heavy atom. The Bertz CT molecular complexity index is 893. The summed E-state index contributed by atoms with van der Waals surface area (Å²) in [7, 11) is 1.57. The maximum atomic E-state index is 12.7. The Morgan fingerprint density at radius 1 is 1.04 bits per heavy atom. The molecule has 3 rings (SSSR count). The molecule has 0 atom stereocenters. The Labute approximate surface area is 139 Å². The number of azo groups is 1. The zero-order valence-electron chi connectivity index (χ0n) is 13.6. The van der Waals surface area contributed by atoms with E-state index >= 15 is 0 Å². The van der Waals surface area contributed by atoms with Crippen molar-refractivity contribution in [1.82, 2.24) is 9.78 Å². The first kappa shape index (κ1) is 15.9. The number of ether oxygens (including phenoxy) is 1. The van der Waals surface area contributed by atoms with Gasteiger partial charge in [0.05, 0.1) is 23.7 Å². The second-order valence-electron chi connectivity index (χ2n) is 5.38. The molecule has 0 fully saturated rings. The third-order valence-electron chi connectivity index (χ3n) is 3.54. The molecule has 6 heteroatoms. The van der Waals surface area contributed by atoms with Gasteiger partial charge >= 0.3 is 0 Å². The smallest absolute Gasteiger partial charge is 0.299 e. The van der Waals surface area contributed by atoms with Crippen LogP contribution in [0.25, 0.3) is 5.69 Å². The van der Waals surface area contributed by atoms with E-state index < -0.39 is 0 Å². The van der Waals surface area contributed by atoms with Gasteiger partial charge in [0.2, 0.25) is 0 Å². The van der Waals surface area contributed by atoms with E-state index in [4.69, 9.17) is 4.74 Å². The van der Waals surface area contributed by atoms with Crippen LogP contribution in [0.3, 0.4) is 0 Å². The van der Waals surface area contributed by atoms with Gasteiger partial charge in [-0.1, -0.05) is 35.9 Å². The van der Waals surface area contributed by atoms with E-state index in [-0.39, 0.29) is 17.9 Å². The number of hydrogen-bond donors (Lipinski definition) is 1. The molecular formula is C18H18N4O2. The van der Waals surface area contributed by atoms with E-state index in [1.165, 1.54) is 4.68 Å². The summed E-state index contributed by atoms with van der Waals surface area (Å²) in [6, 6.07) is 16.9. The lowest BCUT2D eigenvalue weighted by Crippen LogP contribution is -2.13. The quantitative estimate of drug-likeness (QED) is 0.720. The van der Waals surface area contributed by atoms with Crippen LogP contribution in [0.2, 0.25) is 0 Å². The predicted octanol–water partition coefficient (Wildman–Crippen LogP) is 4.04. The van der Waals surface area contributed by atoms with Crippen molar-refractivity contribution in [3.8, 4) is 5.69 Å². The van der Waals surface area contributed by atoms with E-state index in [1.807, 2.05) is 61.5 Å². The van der Waals surface area contributed by atoms with Crippen LogP contribution < -0.4 is 5.56 Å². The van der Waals surface area contributed by atoms with E-state index in [1.54, 1.807) is 7.11 Å². The maximum Gasteiger partial charge on any atom is 0.299 e. The lowest BCUT2D eigenvalue weighted by Gasteiger charge is -2.00. The molecule has 0 unspecified atom stereocenters. The fourth-order valence-electron chi connectivity index (χ4n) is 2.30. The minimum Gasteiger partial charge on any atom is -0.378 e. The average Bonchev–Trinajstić information content (AvgIpc) is 2.91. The Kier molecular flexibility index (Phi) is 4.67. The summed E-state index contributed by atoms with van der Waals surface area (Å²) in [5, 5.41) is 11.4. The lowest BCUT2D eigenvalue weighted by atomic mass is 10.2. The fourth-order valence-corrected chi connectivity index (χ4v) is 2.30. The number of benzene rings is 2. The maximum absolute atomic E-state index is 12.7. The molecule has 2 aromatic carbocycles. The summed E-state index contributed by atoms with van der Waals surface area (Å²) < 4.78 is 6.60. The van der Waals surface area contributed by atoms with Crippen molar-refractivity contribution < 1.29 is 4.74 Å². The molecule has 24 heavy (non-hydrogen) atoms. The largest absolute Gasteiger partial charge is 0.378 e. The standard InChI is InChI=1S/C18H18N4O2/c1-13-8-10-14(11-9-13)19-20-17-16(12-24-2)21-22(18(17)23)15-6-4-3-5-7-15/h3-11,21H,12H2,1-2H3. The number of aromatic nitrogens is 2. The first-order valence-corrected chi connectivity index (χ1v) is 7.55. The van der Waals surface area contributed by atoms with Gasteiger partial charge in [-0.3, -0.25) is 9.89 Å². The van der Waals surface area contributed by atoms with Gasteiger partial charge in [0, 0.05) is 7.11 Å². The van der Waals surface area contributed by atoms with Gasteiger partial charge in [-0.05, 0) is 31.2 Å². The van der Waals surface area contributed by atoms with Crippen molar-refractivity contribution in [2.45, 2.75) is 13.5 Å². The van der Waals surface area contributed by atoms with E-state index in [9.17, 15) is 4.79 Å². The lowest BCUT2D eigenvalue weighted by molar-refractivity contribution is 0.181. The van der Waals surface area contributed by atoms with E-state index in [0.29, 0.717) is 11.4 Å². The van der Waals surface area contributed by atoms with Crippen molar-refractivity contribution in [2.75, 3.05) is 7.11 Å². The summed E-state index contributed by atoms with van der Waals surface area (Å²) >= 11 is 0. The molecule has 3 aromatic rings. The molecule has 0 aliphatic rings. The van der Waals surface area contributed by atoms with Crippen molar-refractivity contribution in [3.63, 3.8) is 0 Å². The average molecular weight is 322 g/mol. The topological polar surface area (TPSA) is 71.7 Å². The van der Waals surface area contributed by atoms with Crippen LogP contribution in [0.5, 0.6) is 0 Å². The van der Waals surface area contributed by atoms with Crippen molar-refractivity contribution in [1.29, 1.82) is 0 Å². The third-order valence-corrected chi connectivity index (χ3v) is 3.54. The number of para-hydroxylation sites is 1. The summed E-state index contributed by atoms with van der Waals surface area (Å²) in [5.41, 5.74) is 3.14. The number of nitrogens with zero attached hydrogens (tertiary/aromatic N) is 3. The van der Waals surface area contributed by atoms with Gasteiger partial charge in [-0.2, -0.15) is 5.11 Å². The first-order valence-electron chi connectivity index (χ1n) is 7.55. The highest BCUT2D eigenvalue weighted by Gasteiger charge is 2.15. The highest BCUT2D eigenvalue weighted by atomic mass is 16.5. The Morgan fingerprint density at radius 3 is 2.42 bits per heavy atom. The minimum atomic E-state index is -0.260. The molecule has 0 aliphatic heterocycles. The highest BCUT2D eigenvalue weighted by Crippen LogP contribution is 2.20. The Balaban J connectivity index is 2.01. The van der Waals surface area contributed by atoms with Crippen LogP contribution in [0.15, 0.2) is 69.6 Å². The number of methoxy groups -OCH3 is 1. The summed E-state index contributed by atoms with van der Waals surface area (Å²) in [5.74, 6) is 0. The molecule has 6 nitrogen and oxygen atoms in total. The minimum absolute atomic E-state index is 0.247. The van der Waals surface area contributed by atoms with Gasteiger partial charge in [0.25, 0.3) is 5.56 Å². The molecule has 1 heterocycles. The molecule has 1 N–H and O–H groups in total. The molecule has 0 aliphatic carbocycles. The molecular weight excluding hydrogens is 304 g/mol. The van der Waals surface area contributed by atoms with Crippen LogP contribution in [0.4, 0.5) is 11.4 Å². The summed E-state index contributed by atoms with van der Waals surface area (Å²) in [6.45, 7) is 2.25. The molecule has 0 bridgehead atoms.